The molecule has 2 amide bonds. The van der Waals surface area contributed by atoms with Crippen LogP contribution in [0.15, 0.2) is 42.5 Å². The molecule has 1 aromatic heterocycles. The van der Waals surface area contributed by atoms with Crippen LogP contribution in [0.1, 0.15) is 24.0 Å². The Labute approximate surface area is 180 Å². The number of carbonyl (C=O) groups excluding carboxylic acids is 2. The zero-order chi connectivity index (χ0) is 21.1. The number of aryl methyl sites for hydroxylation is 2. The largest absolute Gasteiger partial charge is 0.325 e. The Kier molecular flexibility index (Phi) is 6.11. The Morgan fingerprint density at radius 2 is 1.73 bits per heavy atom. The minimum atomic E-state index is -0.0461. The van der Waals surface area contributed by atoms with Gasteiger partial charge in [-0.1, -0.05) is 35.1 Å². The van der Waals surface area contributed by atoms with Crippen LogP contribution in [0.5, 0.6) is 0 Å². The Balaban J connectivity index is 1.25. The van der Waals surface area contributed by atoms with Gasteiger partial charge in [0.2, 0.25) is 11.8 Å². The summed E-state index contributed by atoms with van der Waals surface area (Å²) in [7, 11) is 0. The van der Waals surface area contributed by atoms with Gasteiger partial charge in [0.15, 0.2) is 5.13 Å². The molecule has 0 saturated carbocycles. The minimum absolute atomic E-state index is 0.0217. The molecule has 1 aliphatic heterocycles. The number of hydrogen-bond donors (Lipinski definition) is 2. The van der Waals surface area contributed by atoms with E-state index in [1.807, 2.05) is 50.2 Å². The summed E-state index contributed by atoms with van der Waals surface area (Å²) in [5.74, 6) is -0.0452. The third-order valence-electron chi connectivity index (χ3n) is 5.43. The molecule has 0 spiro atoms. The van der Waals surface area contributed by atoms with Gasteiger partial charge in [0, 0.05) is 11.6 Å². The van der Waals surface area contributed by atoms with E-state index in [-0.39, 0.29) is 17.7 Å². The maximum absolute atomic E-state index is 12.7. The Bertz CT molecular complexity index is 1050. The number of hydrogen-bond acceptors (Lipinski definition) is 5. The van der Waals surface area contributed by atoms with E-state index in [0.717, 1.165) is 47.4 Å². The molecule has 2 N–H and O–H groups in total. The second-order valence-electron chi connectivity index (χ2n) is 7.94. The van der Waals surface area contributed by atoms with Crippen molar-refractivity contribution in [2.24, 2.45) is 5.92 Å². The van der Waals surface area contributed by atoms with Crippen molar-refractivity contribution in [3.8, 4) is 0 Å². The fourth-order valence-corrected chi connectivity index (χ4v) is 4.65. The van der Waals surface area contributed by atoms with E-state index >= 15 is 0 Å². The van der Waals surface area contributed by atoms with Crippen LogP contribution in [0.25, 0.3) is 10.2 Å². The van der Waals surface area contributed by atoms with Crippen molar-refractivity contribution in [2.75, 3.05) is 30.3 Å². The predicted molar refractivity (Wildman–Crippen MR) is 122 cm³/mol. The summed E-state index contributed by atoms with van der Waals surface area (Å²) in [6, 6.07) is 13.9. The lowest BCUT2D eigenvalue weighted by Crippen LogP contribution is -2.41. The van der Waals surface area contributed by atoms with Crippen LogP contribution in [0.3, 0.4) is 0 Å². The van der Waals surface area contributed by atoms with Crippen LogP contribution in [-0.2, 0) is 9.59 Å². The standard InChI is InChI=1S/C23H26N4O2S/c1-15-3-6-18(7-4-15)24-21(28)14-27-11-9-17(10-12-27)22(29)26-23-25-19-8-5-16(2)13-20(19)30-23/h3-8,13,17H,9-12,14H2,1-2H3,(H,24,28)(H,25,26,29). The second-order valence-corrected chi connectivity index (χ2v) is 8.97. The number of likely N-dealkylation sites (tertiary alicyclic amines) is 1. The monoisotopic (exact) mass is 422 g/mol. The molecule has 3 aromatic rings. The number of fused-ring (bicyclic) bond motifs is 1. The number of rotatable bonds is 5. The Morgan fingerprint density at radius 3 is 2.47 bits per heavy atom. The molecule has 0 bridgehead atoms. The van der Waals surface area contributed by atoms with Gasteiger partial charge in [-0.2, -0.15) is 0 Å². The zero-order valence-corrected chi connectivity index (χ0v) is 18.1. The third-order valence-corrected chi connectivity index (χ3v) is 6.37. The average molecular weight is 423 g/mol. The third kappa shape index (κ3) is 5.04. The molecule has 2 heterocycles. The van der Waals surface area contributed by atoms with E-state index in [2.05, 4.69) is 26.6 Å². The fourth-order valence-electron chi connectivity index (χ4n) is 3.69. The fraction of sp³-hybridized carbons (Fsp3) is 0.348. The first-order valence-corrected chi connectivity index (χ1v) is 11.0. The van der Waals surface area contributed by atoms with Gasteiger partial charge in [0.1, 0.15) is 0 Å². The van der Waals surface area contributed by atoms with Crippen LogP contribution >= 0.6 is 11.3 Å². The molecule has 0 atom stereocenters. The van der Waals surface area contributed by atoms with Gasteiger partial charge in [0.05, 0.1) is 16.8 Å². The molecule has 7 heteroatoms. The van der Waals surface area contributed by atoms with Crippen molar-refractivity contribution >= 4 is 44.2 Å². The second kappa shape index (κ2) is 8.93. The van der Waals surface area contributed by atoms with Gasteiger partial charge in [0.25, 0.3) is 0 Å². The molecule has 30 heavy (non-hydrogen) atoms. The zero-order valence-electron chi connectivity index (χ0n) is 17.3. The molecule has 156 valence electrons. The molecular formula is C23H26N4O2S. The van der Waals surface area contributed by atoms with Gasteiger partial charge in [-0.3, -0.25) is 14.5 Å². The SMILES string of the molecule is Cc1ccc(NC(=O)CN2CCC(C(=O)Nc3nc4ccc(C)cc4s3)CC2)cc1. The van der Waals surface area contributed by atoms with E-state index in [1.54, 1.807) is 0 Å². The van der Waals surface area contributed by atoms with Crippen LogP contribution in [0.4, 0.5) is 10.8 Å². The van der Waals surface area contributed by atoms with Gasteiger partial charge < -0.3 is 10.6 Å². The van der Waals surface area contributed by atoms with Gasteiger partial charge in [-0.25, -0.2) is 4.98 Å². The highest BCUT2D eigenvalue weighted by atomic mass is 32.1. The van der Waals surface area contributed by atoms with E-state index in [1.165, 1.54) is 16.9 Å². The lowest BCUT2D eigenvalue weighted by atomic mass is 9.96. The van der Waals surface area contributed by atoms with Crippen molar-refractivity contribution in [3.63, 3.8) is 0 Å². The summed E-state index contributed by atoms with van der Waals surface area (Å²) >= 11 is 1.51. The topological polar surface area (TPSA) is 74.3 Å². The Morgan fingerprint density at radius 1 is 1.03 bits per heavy atom. The van der Waals surface area contributed by atoms with Crippen LogP contribution < -0.4 is 10.6 Å². The molecule has 2 aromatic carbocycles. The maximum Gasteiger partial charge on any atom is 0.238 e. The van der Waals surface area contributed by atoms with Gasteiger partial charge in [-0.15, -0.1) is 0 Å². The number of anilines is 2. The van der Waals surface area contributed by atoms with Crippen molar-refractivity contribution in [2.45, 2.75) is 26.7 Å². The van der Waals surface area contributed by atoms with Crippen molar-refractivity contribution < 1.29 is 9.59 Å². The summed E-state index contributed by atoms with van der Waals surface area (Å²) in [6.45, 7) is 5.88. The van der Waals surface area contributed by atoms with E-state index in [9.17, 15) is 9.59 Å². The number of nitrogens with zero attached hydrogens (tertiary/aromatic N) is 2. The van der Waals surface area contributed by atoms with Crippen LogP contribution in [0, 0.1) is 19.8 Å². The number of aromatic nitrogens is 1. The molecule has 1 fully saturated rings. The van der Waals surface area contributed by atoms with Crippen LogP contribution in [-0.4, -0.2) is 41.3 Å². The molecule has 1 saturated heterocycles. The van der Waals surface area contributed by atoms with E-state index in [4.69, 9.17) is 0 Å². The number of nitrogens with one attached hydrogen (secondary N) is 2. The number of carbonyl (C=O) groups is 2. The number of thiazole rings is 1. The van der Waals surface area contributed by atoms with E-state index in [0.29, 0.717) is 11.7 Å². The predicted octanol–water partition coefficient (Wildman–Crippen LogP) is 4.20. The number of piperidine rings is 1. The van der Waals surface area contributed by atoms with Gasteiger partial charge in [-0.05, 0) is 69.6 Å². The molecule has 6 nitrogen and oxygen atoms in total. The molecular weight excluding hydrogens is 396 g/mol. The molecule has 0 aliphatic carbocycles. The first-order valence-electron chi connectivity index (χ1n) is 10.2. The highest BCUT2D eigenvalue weighted by Crippen LogP contribution is 2.28. The lowest BCUT2D eigenvalue weighted by molar-refractivity contribution is -0.121. The average Bonchev–Trinajstić information content (AvgIpc) is 3.11. The molecule has 0 unspecified atom stereocenters. The lowest BCUT2D eigenvalue weighted by Gasteiger charge is -2.30. The van der Waals surface area contributed by atoms with E-state index < -0.39 is 0 Å². The summed E-state index contributed by atoms with van der Waals surface area (Å²) in [6.07, 6.45) is 1.49. The summed E-state index contributed by atoms with van der Waals surface area (Å²) in [5, 5.41) is 6.57. The first-order chi connectivity index (χ1) is 14.5. The summed E-state index contributed by atoms with van der Waals surface area (Å²) in [5.41, 5.74) is 4.07. The van der Waals surface area contributed by atoms with Crippen molar-refractivity contribution in [1.82, 2.24) is 9.88 Å². The van der Waals surface area contributed by atoms with Crippen molar-refractivity contribution in [1.29, 1.82) is 0 Å². The van der Waals surface area contributed by atoms with Crippen LogP contribution in [0.2, 0.25) is 0 Å². The molecule has 1 aliphatic rings. The summed E-state index contributed by atoms with van der Waals surface area (Å²) < 4.78 is 1.08. The highest BCUT2D eigenvalue weighted by molar-refractivity contribution is 7.22. The molecule has 0 radical (unpaired) electrons. The number of amides is 2. The highest BCUT2D eigenvalue weighted by Gasteiger charge is 2.26. The number of benzene rings is 2. The summed E-state index contributed by atoms with van der Waals surface area (Å²) in [4.78, 5) is 31.6. The minimum Gasteiger partial charge on any atom is -0.325 e. The Hall–Kier alpha value is -2.77. The first kappa shape index (κ1) is 20.5. The molecule has 4 rings (SSSR count). The smallest absolute Gasteiger partial charge is 0.238 e. The van der Waals surface area contributed by atoms with Crippen molar-refractivity contribution in [3.05, 3.63) is 53.6 Å². The quantitative estimate of drug-likeness (QED) is 0.646. The maximum atomic E-state index is 12.7. The van der Waals surface area contributed by atoms with Gasteiger partial charge >= 0.3 is 0 Å². The normalized spacial score (nSPS) is 15.3.